The fourth-order valence-electron chi connectivity index (χ4n) is 2.00. The highest BCUT2D eigenvalue weighted by Crippen LogP contribution is 2.17. The third kappa shape index (κ3) is 2.20. The first-order valence-corrected chi connectivity index (χ1v) is 5.97. The van der Waals surface area contributed by atoms with Gasteiger partial charge in [-0.15, -0.1) is 0 Å². The summed E-state index contributed by atoms with van der Waals surface area (Å²) < 4.78 is 2.06. The average molecular weight is 251 g/mol. The van der Waals surface area contributed by atoms with E-state index in [1.165, 1.54) is 7.11 Å². The van der Waals surface area contributed by atoms with Crippen LogP contribution in [0.2, 0.25) is 0 Å². The van der Waals surface area contributed by atoms with Gasteiger partial charge < -0.3 is 4.84 Å². The van der Waals surface area contributed by atoms with Crippen LogP contribution in [0.1, 0.15) is 5.56 Å². The van der Waals surface area contributed by atoms with E-state index >= 15 is 0 Å². The number of nitrogens with zero attached hydrogens (tertiary/aromatic N) is 3. The van der Waals surface area contributed by atoms with Gasteiger partial charge in [-0.05, 0) is 29.8 Å². The van der Waals surface area contributed by atoms with E-state index in [1.54, 1.807) is 6.21 Å². The molecule has 0 saturated carbocycles. The number of imidazole rings is 1. The lowest BCUT2D eigenvalue weighted by atomic mass is 10.2. The number of para-hydroxylation sites is 2. The van der Waals surface area contributed by atoms with Crippen LogP contribution in [0.15, 0.2) is 60.0 Å². The molecule has 0 unspecified atom stereocenters. The van der Waals surface area contributed by atoms with Gasteiger partial charge in [0.05, 0.1) is 17.2 Å². The normalized spacial score (nSPS) is 11.2. The Balaban J connectivity index is 2.00. The highest BCUT2D eigenvalue weighted by molar-refractivity contribution is 5.80. The molecule has 0 radical (unpaired) electrons. The quantitative estimate of drug-likeness (QED) is 0.530. The number of hydrogen-bond donors (Lipinski definition) is 0. The third-order valence-electron chi connectivity index (χ3n) is 2.93. The highest BCUT2D eigenvalue weighted by atomic mass is 16.6. The van der Waals surface area contributed by atoms with Crippen molar-refractivity contribution in [2.24, 2.45) is 5.16 Å². The zero-order chi connectivity index (χ0) is 13.1. The molecule has 4 nitrogen and oxygen atoms in total. The van der Waals surface area contributed by atoms with Crippen LogP contribution in [0.5, 0.6) is 0 Å². The molecule has 1 heterocycles. The summed E-state index contributed by atoms with van der Waals surface area (Å²) >= 11 is 0. The number of rotatable bonds is 3. The van der Waals surface area contributed by atoms with Crippen molar-refractivity contribution in [3.63, 3.8) is 0 Å². The topological polar surface area (TPSA) is 39.4 Å². The summed E-state index contributed by atoms with van der Waals surface area (Å²) in [6.07, 6.45) is 3.51. The van der Waals surface area contributed by atoms with Gasteiger partial charge in [-0.1, -0.05) is 29.4 Å². The fourth-order valence-corrected chi connectivity index (χ4v) is 2.00. The van der Waals surface area contributed by atoms with E-state index in [4.69, 9.17) is 0 Å². The van der Waals surface area contributed by atoms with Crippen LogP contribution in [0.3, 0.4) is 0 Å². The molecule has 4 heteroatoms. The van der Waals surface area contributed by atoms with Crippen molar-refractivity contribution in [2.75, 3.05) is 7.11 Å². The van der Waals surface area contributed by atoms with Gasteiger partial charge in [0.15, 0.2) is 0 Å². The molecule has 1 aromatic heterocycles. The Kier molecular flexibility index (Phi) is 2.98. The molecule has 0 bridgehead atoms. The van der Waals surface area contributed by atoms with E-state index in [0.717, 1.165) is 22.3 Å². The minimum Gasteiger partial charge on any atom is -0.399 e. The molecule has 0 aliphatic rings. The molecule has 2 aromatic carbocycles. The largest absolute Gasteiger partial charge is 0.399 e. The standard InChI is InChI=1S/C15H13N3O/c1-19-17-10-12-6-8-13(9-7-12)18-11-16-14-4-2-3-5-15(14)18/h2-11H,1H3/b17-10+. The predicted molar refractivity (Wildman–Crippen MR) is 75.7 cm³/mol. The number of oxime groups is 1. The van der Waals surface area contributed by atoms with Crippen molar-refractivity contribution in [1.29, 1.82) is 0 Å². The Labute approximate surface area is 111 Å². The van der Waals surface area contributed by atoms with Crippen LogP contribution in [0.25, 0.3) is 16.7 Å². The monoisotopic (exact) mass is 251 g/mol. The number of fused-ring (bicyclic) bond motifs is 1. The Morgan fingerprint density at radius 3 is 2.68 bits per heavy atom. The molecule has 0 aliphatic heterocycles. The summed E-state index contributed by atoms with van der Waals surface area (Å²) in [6.45, 7) is 0. The minimum atomic E-state index is 0.993. The first kappa shape index (κ1) is 11.5. The van der Waals surface area contributed by atoms with E-state index in [0.29, 0.717) is 0 Å². The van der Waals surface area contributed by atoms with Crippen molar-refractivity contribution in [3.05, 3.63) is 60.4 Å². The summed E-state index contributed by atoms with van der Waals surface area (Å²) in [4.78, 5) is 9.04. The van der Waals surface area contributed by atoms with Crippen molar-refractivity contribution in [1.82, 2.24) is 9.55 Å². The first-order chi connectivity index (χ1) is 9.38. The van der Waals surface area contributed by atoms with Crippen molar-refractivity contribution in [3.8, 4) is 5.69 Å². The second-order valence-electron chi connectivity index (χ2n) is 4.11. The van der Waals surface area contributed by atoms with Crippen LogP contribution in [-0.4, -0.2) is 22.9 Å². The Morgan fingerprint density at radius 2 is 1.89 bits per heavy atom. The lowest BCUT2D eigenvalue weighted by Gasteiger charge is -2.04. The van der Waals surface area contributed by atoms with Crippen molar-refractivity contribution < 1.29 is 4.84 Å². The van der Waals surface area contributed by atoms with Crippen LogP contribution in [-0.2, 0) is 4.84 Å². The van der Waals surface area contributed by atoms with Crippen LogP contribution < -0.4 is 0 Å². The number of hydrogen-bond acceptors (Lipinski definition) is 3. The van der Waals surface area contributed by atoms with Crippen LogP contribution >= 0.6 is 0 Å². The van der Waals surface area contributed by atoms with E-state index in [2.05, 4.69) is 25.6 Å². The molecule has 0 aliphatic carbocycles. The van der Waals surface area contributed by atoms with Gasteiger partial charge >= 0.3 is 0 Å². The summed E-state index contributed by atoms with van der Waals surface area (Å²) in [5.74, 6) is 0. The molecule has 3 rings (SSSR count). The molecular weight excluding hydrogens is 238 g/mol. The zero-order valence-corrected chi connectivity index (χ0v) is 10.5. The Bertz CT molecular complexity index is 714. The van der Waals surface area contributed by atoms with Gasteiger partial charge in [0.1, 0.15) is 13.4 Å². The summed E-state index contributed by atoms with van der Waals surface area (Å²) in [5, 5.41) is 3.74. The molecule has 0 N–H and O–H groups in total. The SMILES string of the molecule is CO/N=C/c1ccc(-n2cnc3ccccc32)cc1. The molecule has 0 saturated heterocycles. The van der Waals surface area contributed by atoms with E-state index in [9.17, 15) is 0 Å². The number of aromatic nitrogens is 2. The van der Waals surface area contributed by atoms with Gasteiger partial charge in [-0.2, -0.15) is 0 Å². The molecule has 94 valence electrons. The van der Waals surface area contributed by atoms with Crippen molar-refractivity contribution in [2.45, 2.75) is 0 Å². The molecule has 0 spiro atoms. The molecule has 0 fully saturated rings. The molecule has 0 atom stereocenters. The smallest absolute Gasteiger partial charge is 0.106 e. The fraction of sp³-hybridized carbons (Fsp3) is 0.0667. The molecule has 3 aromatic rings. The van der Waals surface area contributed by atoms with Gasteiger partial charge in [-0.3, -0.25) is 4.57 Å². The second kappa shape index (κ2) is 4.94. The van der Waals surface area contributed by atoms with Gasteiger partial charge in [0.2, 0.25) is 0 Å². The van der Waals surface area contributed by atoms with Crippen molar-refractivity contribution >= 4 is 17.2 Å². The maximum atomic E-state index is 4.66. The van der Waals surface area contributed by atoms with Crippen LogP contribution in [0.4, 0.5) is 0 Å². The summed E-state index contributed by atoms with van der Waals surface area (Å²) in [7, 11) is 1.53. The third-order valence-corrected chi connectivity index (χ3v) is 2.93. The molecular formula is C15H13N3O. The maximum Gasteiger partial charge on any atom is 0.106 e. The van der Waals surface area contributed by atoms with E-state index < -0.39 is 0 Å². The lowest BCUT2D eigenvalue weighted by Crippen LogP contribution is -1.92. The maximum absolute atomic E-state index is 4.66. The Morgan fingerprint density at radius 1 is 1.11 bits per heavy atom. The van der Waals surface area contributed by atoms with Gasteiger partial charge in [0.25, 0.3) is 0 Å². The average Bonchev–Trinajstić information content (AvgIpc) is 2.90. The van der Waals surface area contributed by atoms with E-state index in [1.807, 2.05) is 48.8 Å². The van der Waals surface area contributed by atoms with Crippen LogP contribution in [0, 0.1) is 0 Å². The van der Waals surface area contributed by atoms with Gasteiger partial charge in [0, 0.05) is 5.69 Å². The lowest BCUT2D eigenvalue weighted by molar-refractivity contribution is 0.215. The minimum absolute atomic E-state index is 0.993. The highest BCUT2D eigenvalue weighted by Gasteiger charge is 2.03. The zero-order valence-electron chi connectivity index (χ0n) is 10.5. The summed E-state index contributed by atoms with van der Waals surface area (Å²) in [6, 6.07) is 16.1. The summed E-state index contributed by atoms with van der Waals surface area (Å²) in [5.41, 5.74) is 4.16. The van der Waals surface area contributed by atoms with E-state index in [-0.39, 0.29) is 0 Å². The predicted octanol–water partition coefficient (Wildman–Crippen LogP) is 3.01. The van der Waals surface area contributed by atoms with Gasteiger partial charge in [-0.25, -0.2) is 4.98 Å². The molecule has 19 heavy (non-hydrogen) atoms. The Hall–Kier alpha value is -2.62. The number of benzene rings is 2. The molecule has 0 amide bonds. The first-order valence-electron chi connectivity index (χ1n) is 5.97. The second-order valence-corrected chi connectivity index (χ2v) is 4.11.